The largest absolute Gasteiger partial charge is 0.399 e. The van der Waals surface area contributed by atoms with Crippen molar-refractivity contribution in [2.75, 3.05) is 17.2 Å². The Morgan fingerprint density at radius 2 is 1.11 bits per heavy atom. The van der Waals surface area contributed by atoms with Crippen molar-refractivity contribution in [3.05, 3.63) is 102 Å². The van der Waals surface area contributed by atoms with Gasteiger partial charge < -0.3 is 17.2 Å². The zero-order valence-electron chi connectivity index (χ0n) is 16.0. The van der Waals surface area contributed by atoms with Crippen LogP contribution in [0.3, 0.4) is 0 Å². The molecule has 3 aromatic rings. The van der Waals surface area contributed by atoms with Crippen LogP contribution in [-0.4, -0.2) is 7.85 Å². The molecular formula is C24H24BN3. The summed E-state index contributed by atoms with van der Waals surface area (Å²) in [6.07, 6.45) is 5.53. The molecule has 3 aromatic carbocycles. The van der Waals surface area contributed by atoms with E-state index in [-0.39, 0.29) is 5.31 Å². The second-order valence-electron chi connectivity index (χ2n) is 7.73. The summed E-state index contributed by atoms with van der Waals surface area (Å²) in [6.45, 7) is 0. The number of anilines is 3. The molecule has 0 heterocycles. The number of nitrogens with two attached hydrogens (primary N) is 3. The fourth-order valence-electron chi connectivity index (χ4n) is 3.84. The molecular weight excluding hydrogens is 341 g/mol. The van der Waals surface area contributed by atoms with Crippen LogP contribution in [0.15, 0.2) is 84.9 Å². The standard InChI is InChI=1S/C24H24BN3/c25-24(20-5-11-23(28)12-6-20)14-18(16-1-7-21(26)8-2-16)13-19(15-24)17-3-9-22(27)10-4-17/h1-14H,15,25-28H2. The van der Waals surface area contributed by atoms with Crippen LogP contribution in [0.5, 0.6) is 0 Å². The average molecular weight is 365 g/mol. The number of allylic oxidation sites excluding steroid dienone is 4. The van der Waals surface area contributed by atoms with Crippen LogP contribution in [0.25, 0.3) is 11.1 Å². The monoisotopic (exact) mass is 365 g/mol. The highest BCUT2D eigenvalue weighted by atomic mass is 14.5. The molecule has 0 radical (unpaired) electrons. The van der Waals surface area contributed by atoms with Crippen molar-refractivity contribution in [1.82, 2.24) is 0 Å². The maximum absolute atomic E-state index is 5.91. The lowest BCUT2D eigenvalue weighted by Crippen LogP contribution is -2.27. The predicted molar refractivity (Wildman–Crippen MR) is 123 cm³/mol. The summed E-state index contributed by atoms with van der Waals surface area (Å²) in [7, 11) is 2.28. The van der Waals surface area contributed by atoms with Crippen LogP contribution in [-0.2, 0) is 5.31 Å². The zero-order valence-corrected chi connectivity index (χ0v) is 16.0. The highest BCUT2D eigenvalue weighted by Gasteiger charge is 2.30. The summed E-state index contributed by atoms with van der Waals surface area (Å²) in [4.78, 5) is 0. The van der Waals surface area contributed by atoms with Crippen molar-refractivity contribution >= 4 is 36.1 Å². The zero-order chi connectivity index (χ0) is 19.7. The average Bonchev–Trinajstić information content (AvgIpc) is 2.69. The van der Waals surface area contributed by atoms with Crippen molar-refractivity contribution in [3.8, 4) is 0 Å². The van der Waals surface area contributed by atoms with E-state index in [9.17, 15) is 0 Å². The molecule has 6 N–H and O–H groups in total. The van der Waals surface area contributed by atoms with Gasteiger partial charge in [0.2, 0.25) is 0 Å². The topological polar surface area (TPSA) is 78.1 Å². The molecule has 1 aliphatic carbocycles. The molecule has 0 saturated heterocycles. The number of nitrogen functional groups attached to an aromatic ring is 3. The van der Waals surface area contributed by atoms with Gasteiger partial charge in [-0.3, -0.25) is 0 Å². The molecule has 28 heavy (non-hydrogen) atoms. The second-order valence-corrected chi connectivity index (χ2v) is 7.73. The van der Waals surface area contributed by atoms with Crippen molar-refractivity contribution in [2.24, 2.45) is 0 Å². The van der Waals surface area contributed by atoms with Gasteiger partial charge in [-0.2, -0.15) is 0 Å². The summed E-state index contributed by atoms with van der Waals surface area (Å²) >= 11 is 0. The Hall–Kier alpha value is -3.40. The van der Waals surface area contributed by atoms with E-state index in [1.807, 2.05) is 36.4 Å². The number of rotatable bonds is 3. The first kappa shape index (κ1) is 18.0. The van der Waals surface area contributed by atoms with Gasteiger partial charge in [-0.25, -0.2) is 0 Å². The van der Waals surface area contributed by atoms with E-state index in [1.54, 1.807) is 0 Å². The van der Waals surface area contributed by atoms with E-state index < -0.39 is 0 Å². The fourth-order valence-corrected chi connectivity index (χ4v) is 3.84. The quantitative estimate of drug-likeness (QED) is 0.488. The maximum Gasteiger partial charge on any atom is 0.120 e. The predicted octanol–water partition coefficient (Wildman–Crippen LogP) is 3.83. The summed E-state index contributed by atoms with van der Waals surface area (Å²) in [5.74, 6) is 0. The van der Waals surface area contributed by atoms with E-state index in [2.05, 4.69) is 56.4 Å². The third-order valence-electron chi connectivity index (χ3n) is 5.46. The first-order valence-electron chi connectivity index (χ1n) is 9.44. The van der Waals surface area contributed by atoms with Gasteiger partial charge in [-0.05, 0) is 76.0 Å². The highest BCUT2D eigenvalue weighted by Crippen LogP contribution is 2.41. The van der Waals surface area contributed by atoms with Crippen molar-refractivity contribution < 1.29 is 0 Å². The lowest BCUT2D eigenvalue weighted by molar-refractivity contribution is 0.777. The molecule has 0 amide bonds. The molecule has 1 aliphatic rings. The smallest absolute Gasteiger partial charge is 0.120 e. The Balaban J connectivity index is 1.83. The molecule has 0 aliphatic heterocycles. The first-order chi connectivity index (χ1) is 13.4. The molecule has 0 bridgehead atoms. The number of benzene rings is 3. The van der Waals surface area contributed by atoms with Crippen molar-refractivity contribution in [2.45, 2.75) is 11.7 Å². The van der Waals surface area contributed by atoms with Gasteiger partial charge >= 0.3 is 0 Å². The first-order valence-corrected chi connectivity index (χ1v) is 9.44. The second kappa shape index (κ2) is 6.97. The van der Waals surface area contributed by atoms with Gasteiger partial charge in [0, 0.05) is 17.1 Å². The molecule has 3 nitrogen and oxygen atoms in total. The molecule has 0 spiro atoms. The molecule has 0 aromatic heterocycles. The molecule has 4 rings (SSSR count). The minimum absolute atomic E-state index is 0.143. The van der Waals surface area contributed by atoms with Crippen molar-refractivity contribution in [1.29, 1.82) is 0 Å². The lowest BCUT2D eigenvalue weighted by atomic mass is 9.57. The Kier molecular flexibility index (Phi) is 4.48. The SMILES string of the molecule is BC1(c2ccc(N)cc2)C=C(c2ccc(N)cc2)C=C(c2ccc(N)cc2)C1. The van der Waals surface area contributed by atoms with E-state index in [0.717, 1.165) is 29.0 Å². The minimum Gasteiger partial charge on any atom is -0.399 e. The molecule has 1 unspecified atom stereocenters. The molecule has 0 fully saturated rings. The van der Waals surface area contributed by atoms with Gasteiger partial charge in [-0.15, -0.1) is 0 Å². The molecule has 1 atom stereocenters. The van der Waals surface area contributed by atoms with E-state index in [4.69, 9.17) is 17.2 Å². The normalized spacial score (nSPS) is 19.0. The molecule has 0 saturated carbocycles. The summed E-state index contributed by atoms with van der Waals surface area (Å²) < 4.78 is 0. The lowest BCUT2D eigenvalue weighted by Gasteiger charge is -2.33. The summed E-state index contributed by atoms with van der Waals surface area (Å²) in [5, 5.41) is -0.143. The van der Waals surface area contributed by atoms with Crippen LogP contribution in [0.4, 0.5) is 17.1 Å². The van der Waals surface area contributed by atoms with Crippen LogP contribution >= 0.6 is 0 Å². The molecule has 138 valence electrons. The number of hydrogen-bond acceptors (Lipinski definition) is 3. The van der Waals surface area contributed by atoms with E-state index in [1.165, 1.54) is 22.3 Å². The Labute approximate surface area is 167 Å². The fraction of sp³-hybridized carbons (Fsp3) is 0.0833. The highest BCUT2D eigenvalue weighted by molar-refractivity contribution is 6.20. The van der Waals surface area contributed by atoms with Gasteiger partial charge in [0.05, 0.1) is 0 Å². The van der Waals surface area contributed by atoms with Crippen LogP contribution in [0, 0.1) is 0 Å². The van der Waals surface area contributed by atoms with Crippen LogP contribution in [0.1, 0.15) is 23.1 Å². The maximum atomic E-state index is 5.91. The third kappa shape index (κ3) is 3.54. The van der Waals surface area contributed by atoms with Gasteiger partial charge in [0.1, 0.15) is 7.85 Å². The minimum atomic E-state index is -0.143. The van der Waals surface area contributed by atoms with Crippen molar-refractivity contribution in [3.63, 3.8) is 0 Å². The van der Waals surface area contributed by atoms with E-state index in [0.29, 0.717) is 0 Å². The van der Waals surface area contributed by atoms with E-state index >= 15 is 0 Å². The third-order valence-corrected chi connectivity index (χ3v) is 5.46. The van der Waals surface area contributed by atoms with Gasteiger partial charge in [0.25, 0.3) is 0 Å². The summed E-state index contributed by atoms with van der Waals surface area (Å²) in [6, 6.07) is 24.3. The molecule has 4 heteroatoms. The van der Waals surface area contributed by atoms with Crippen LogP contribution < -0.4 is 17.2 Å². The van der Waals surface area contributed by atoms with Crippen LogP contribution in [0.2, 0.25) is 0 Å². The van der Waals surface area contributed by atoms with Gasteiger partial charge in [-0.1, -0.05) is 48.6 Å². The Morgan fingerprint density at radius 3 is 1.64 bits per heavy atom. The van der Waals surface area contributed by atoms with Gasteiger partial charge in [0.15, 0.2) is 0 Å². The summed E-state index contributed by atoms with van der Waals surface area (Å²) in [5.41, 5.74) is 26.1. The Morgan fingerprint density at radius 1 is 0.643 bits per heavy atom. The Bertz CT molecular complexity index is 1050. The number of hydrogen-bond donors (Lipinski definition) is 3.